The van der Waals surface area contributed by atoms with Gasteiger partial charge in [0.2, 0.25) is 0 Å². The molecule has 1 aromatic heterocycles. The van der Waals surface area contributed by atoms with Gasteiger partial charge in [-0.05, 0) is 22.0 Å². The molecular formula is C22H24BrFN4O22. The summed E-state index contributed by atoms with van der Waals surface area (Å²) in [6.07, 6.45) is -8.79. The van der Waals surface area contributed by atoms with Crippen LogP contribution in [-0.2, 0) is 0 Å². The fraction of sp³-hybridized carbons (Fsp3) is 0.364. The van der Waals surface area contributed by atoms with E-state index in [4.69, 9.17) is 0 Å². The number of hydrogen-bond acceptors (Lipinski definition) is 26. The van der Waals surface area contributed by atoms with Gasteiger partial charge in [0.25, 0.3) is 29.0 Å². The van der Waals surface area contributed by atoms with Crippen molar-refractivity contribution in [3.05, 3.63) is 28.7 Å². The lowest BCUT2D eigenvalue weighted by Gasteiger charge is -2.64. The van der Waals surface area contributed by atoms with Crippen LogP contribution < -0.4 is 14.8 Å². The highest BCUT2D eigenvalue weighted by molar-refractivity contribution is 9.10. The summed E-state index contributed by atoms with van der Waals surface area (Å²) in [6.45, 7) is 0. The second kappa shape index (κ2) is 11.4. The predicted octanol–water partition coefficient (Wildman–Crippen LogP) is -8.35. The van der Waals surface area contributed by atoms with E-state index in [0.29, 0.717) is 18.5 Å². The molecule has 0 saturated carbocycles. The van der Waals surface area contributed by atoms with E-state index >= 15 is 0 Å². The summed E-state index contributed by atoms with van der Waals surface area (Å²) in [7, 11) is 0. The van der Waals surface area contributed by atoms with Gasteiger partial charge in [0.1, 0.15) is 22.3 Å². The molecule has 28 heteroatoms. The Kier molecular flexibility index (Phi) is 8.90. The number of piperidine rings is 1. The number of aromatic hydroxyl groups is 3. The minimum atomic E-state index is -5.64. The maximum atomic E-state index is 14.8. The van der Waals surface area contributed by atoms with Crippen molar-refractivity contribution < 1.29 is 116 Å². The van der Waals surface area contributed by atoms with Gasteiger partial charge in [-0.3, -0.25) is 0 Å². The molecule has 1 saturated heterocycles. The zero-order valence-corrected chi connectivity index (χ0v) is 25.2. The fourth-order valence-corrected chi connectivity index (χ4v) is 5.08. The average molecular weight is 795 g/mol. The minimum absolute atomic E-state index is 0.332. The van der Waals surface area contributed by atoms with E-state index in [1.54, 1.807) is 0 Å². The molecular weight excluding hydrogens is 771 g/mol. The molecule has 1 aliphatic heterocycles. The molecule has 0 aliphatic carbocycles. The van der Waals surface area contributed by atoms with E-state index in [-0.39, 0.29) is 0 Å². The molecule has 0 amide bonds. The summed E-state index contributed by atoms with van der Waals surface area (Å²) in [6, 6.07) is 0.735. The Bertz CT molecular complexity index is 1790. The Hall–Kier alpha value is -3.73. The normalized spacial score (nSPS) is 20.1. The number of phenolic OH excluding ortho intramolecular Hbond substituents is 3. The molecule has 3 aromatic rings. The first-order valence-corrected chi connectivity index (χ1v) is 13.2. The van der Waals surface area contributed by atoms with Gasteiger partial charge in [0, 0.05) is 11.5 Å². The maximum absolute atomic E-state index is 14.8. The Morgan fingerprint density at radius 2 is 1.22 bits per heavy atom. The number of likely N-dealkylation sites (tertiary alicyclic amines) is 1. The molecule has 2 aromatic carbocycles. The Balaban J connectivity index is 1.94. The number of ether oxygens (including phenoxy) is 2. The molecule has 4 rings (SSSR count). The number of rotatable bonds is 8. The standard InChI is InChI=1S/C22H24BrFN4O22/c23-8-11(29)9(24)10(13(31)12(8)30)27-14-4-1-6(50-22(46,47)48)7(2-5(4)25-3-26-14)49-20(41,42)15(32)16(33,34)18(37,38)28(21(43,44)45)19(39,40)17(15,35)36/h1-3,29-48H,(H,25,26,27). The van der Waals surface area contributed by atoms with Gasteiger partial charge in [-0.1, -0.05) is 0 Å². The van der Waals surface area contributed by atoms with E-state index in [1.165, 1.54) is 0 Å². The maximum Gasteiger partial charge on any atom is 0.453 e. The predicted molar refractivity (Wildman–Crippen MR) is 145 cm³/mol. The minimum Gasteiger partial charge on any atom is -0.504 e. The number of hydrogen-bond donors (Lipinski definition) is 21. The third kappa shape index (κ3) is 5.45. The van der Waals surface area contributed by atoms with E-state index in [2.05, 4.69) is 40.7 Å². The van der Waals surface area contributed by atoms with Crippen LogP contribution in [0.4, 0.5) is 15.9 Å². The highest BCUT2D eigenvalue weighted by Gasteiger charge is 2.93. The van der Waals surface area contributed by atoms with Crippen LogP contribution >= 0.6 is 15.9 Å². The molecule has 1 fully saturated rings. The Morgan fingerprint density at radius 1 is 0.720 bits per heavy atom. The van der Waals surface area contributed by atoms with Crippen molar-refractivity contribution in [2.45, 2.75) is 47.2 Å². The summed E-state index contributed by atoms with van der Waals surface area (Å²) in [5, 5.41) is 203. The first kappa shape index (κ1) is 39.1. The zero-order chi connectivity index (χ0) is 38.6. The highest BCUT2D eigenvalue weighted by atomic mass is 79.9. The lowest BCUT2D eigenvalue weighted by molar-refractivity contribution is -0.665. The largest absolute Gasteiger partial charge is 0.504 e. The summed E-state index contributed by atoms with van der Waals surface area (Å²) >= 11 is 2.61. The van der Waals surface area contributed by atoms with Gasteiger partial charge in [0.15, 0.2) is 34.6 Å². The van der Waals surface area contributed by atoms with Crippen molar-refractivity contribution in [3.63, 3.8) is 0 Å². The number of nitrogens with zero attached hydrogens (tertiary/aromatic N) is 3. The van der Waals surface area contributed by atoms with Crippen molar-refractivity contribution in [1.82, 2.24) is 14.9 Å². The second-order valence-corrected chi connectivity index (χ2v) is 11.2. The monoisotopic (exact) mass is 794 g/mol. The Morgan fingerprint density at radius 3 is 1.70 bits per heavy atom. The molecule has 21 N–H and O–H groups in total. The summed E-state index contributed by atoms with van der Waals surface area (Å²) in [5.74, 6) is -36.2. The second-order valence-electron chi connectivity index (χ2n) is 10.4. The van der Waals surface area contributed by atoms with E-state index < -0.39 is 114 Å². The molecule has 0 unspecified atom stereocenters. The SMILES string of the molecule is Oc1c(O)c(Nc2ncnc3cc(OC(O)(O)C4(O)C(O)(O)C(O)(O)N(C(O)(O)O)C(O)(O)C4(O)O)c(OC(O)(O)O)cc23)c(F)c(O)c1Br. The molecule has 26 nitrogen and oxygen atoms in total. The highest BCUT2D eigenvalue weighted by Crippen LogP contribution is 2.56. The van der Waals surface area contributed by atoms with Crippen molar-refractivity contribution >= 4 is 38.3 Å². The lowest BCUT2D eigenvalue weighted by Crippen LogP contribution is -2.99. The van der Waals surface area contributed by atoms with Crippen LogP contribution in [0.25, 0.3) is 10.9 Å². The molecule has 0 spiro atoms. The van der Waals surface area contributed by atoms with Crippen molar-refractivity contribution in [2.75, 3.05) is 5.32 Å². The fourth-order valence-electron chi connectivity index (χ4n) is 4.71. The lowest BCUT2D eigenvalue weighted by atomic mass is 9.72. The molecule has 50 heavy (non-hydrogen) atoms. The van der Waals surface area contributed by atoms with Crippen LogP contribution in [0.5, 0.6) is 28.7 Å². The Labute approximate surface area is 279 Å². The third-order valence-corrected chi connectivity index (χ3v) is 7.84. The molecule has 0 atom stereocenters. The number of halogens is 2. The van der Waals surface area contributed by atoms with Gasteiger partial charge in [0.05, 0.1) is 5.52 Å². The van der Waals surface area contributed by atoms with Crippen LogP contribution in [0.1, 0.15) is 0 Å². The molecule has 0 radical (unpaired) electrons. The molecule has 278 valence electrons. The van der Waals surface area contributed by atoms with Crippen LogP contribution in [0, 0.1) is 5.82 Å². The average Bonchev–Trinajstić information content (AvgIpc) is 2.94. The van der Waals surface area contributed by atoms with Gasteiger partial charge < -0.3 is 117 Å². The first-order valence-electron chi connectivity index (χ1n) is 12.5. The quantitative estimate of drug-likeness (QED) is 0.0572. The number of phenols is 3. The van der Waals surface area contributed by atoms with Gasteiger partial charge >= 0.3 is 18.2 Å². The van der Waals surface area contributed by atoms with Crippen LogP contribution in [0.3, 0.4) is 0 Å². The number of aliphatic hydroxyl groups is 17. The van der Waals surface area contributed by atoms with Gasteiger partial charge in [-0.2, -0.15) is 0 Å². The van der Waals surface area contributed by atoms with Crippen LogP contribution in [0.2, 0.25) is 0 Å². The number of benzene rings is 2. The van der Waals surface area contributed by atoms with Gasteiger partial charge in [-0.15, -0.1) is 4.90 Å². The van der Waals surface area contributed by atoms with E-state index in [0.717, 1.165) is 0 Å². The molecule has 0 bridgehead atoms. The summed E-state index contributed by atoms with van der Waals surface area (Å²) < 4.78 is 23.0. The number of nitrogens with one attached hydrogen (secondary N) is 1. The number of fused-ring (bicyclic) bond motifs is 1. The van der Waals surface area contributed by atoms with Gasteiger partial charge in [-0.25, -0.2) is 14.4 Å². The van der Waals surface area contributed by atoms with Crippen molar-refractivity contribution in [3.8, 4) is 28.7 Å². The first-order chi connectivity index (χ1) is 22.3. The van der Waals surface area contributed by atoms with Crippen LogP contribution in [-0.4, -0.2) is 164 Å². The molecule has 1 aliphatic rings. The van der Waals surface area contributed by atoms with Crippen molar-refractivity contribution in [2.24, 2.45) is 0 Å². The summed E-state index contributed by atoms with van der Waals surface area (Å²) in [4.78, 5) is 5.44. The van der Waals surface area contributed by atoms with E-state index in [1.807, 2.05) is 0 Å². The van der Waals surface area contributed by atoms with Crippen LogP contribution in [0.15, 0.2) is 22.9 Å². The number of aromatic nitrogens is 2. The topological polar surface area (TPSA) is 464 Å². The number of anilines is 2. The third-order valence-electron chi connectivity index (χ3n) is 7.09. The molecule has 2 heterocycles. The van der Waals surface area contributed by atoms with E-state index in [9.17, 15) is 107 Å². The smallest absolute Gasteiger partial charge is 0.453 e. The zero-order valence-electron chi connectivity index (χ0n) is 23.6. The van der Waals surface area contributed by atoms with Crippen molar-refractivity contribution in [1.29, 1.82) is 0 Å². The summed E-state index contributed by atoms with van der Waals surface area (Å²) in [5.41, 5.74) is -7.34.